The second-order valence-electron chi connectivity index (χ2n) is 6.10. The minimum absolute atomic E-state index is 0.0115. The Hall–Kier alpha value is -1.80. The monoisotopic (exact) mass is 254 g/mol. The molecule has 0 aliphatic rings. The van der Waals surface area contributed by atoms with Crippen LogP contribution in [-0.4, -0.2) is 0 Å². The van der Waals surface area contributed by atoms with Crippen molar-refractivity contribution in [3.8, 4) is 12.1 Å². The van der Waals surface area contributed by atoms with E-state index in [1.807, 2.05) is 6.07 Å². The molecule has 1 aromatic rings. The zero-order valence-corrected chi connectivity index (χ0v) is 12.5. The standard InChI is InChI=1S/C17H22N2/c1-6-12(2)15-10-16(17(3,4)5)13(7-8-18)9-14(15)11-19/h9-10,12H,6-7H2,1-5H3. The van der Waals surface area contributed by atoms with Crippen molar-refractivity contribution in [2.45, 2.75) is 58.8 Å². The molecule has 0 saturated carbocycles. The van der Waals surface area contributed by atoms with Crippen molar-refractivity contribution in [1.82, 2.24) is 0 Å². The largest absolute Gasteiger partial charge is 0.198 e. The van der Waals surface area contributed by atoms with Crippen LogP contribution in [0.15, 0.2) is 12.1 Å². The van der Waals surface area contributed by atoms with Crippen molar-refractivity contribution in [3.05, 3.63) is 34.4 Å². The second kappa shape index (κ2) is 5.89. The van der Waals surface area contributed by atoms with E-state index in [1.54, 1.807) is 0 Å². The van der Waals surface area contributed by atoms with E-state index in [0.29, 0.717) is 17.9 Å². The first-order valence-corrected chi connectivity index (χ1v) is 6.79. The third-order valence-electron chi connectivity index (χ3n) is 3.62. The van der Waals surface area contributed by atoms with Crippen LogP contribution in [0.3, 0.4) is 0 Å². The topological polar surface area (TPSA) is 47.6 Å². The summed E-state index contributed by atoms with van der Waals surface area (Å²) in [5.41, 5.74) is 3.98. The third-order valence-corrected chi connectivity index (χ3v) is 3.62. The van der Waals surface area contributed by atoms with Crippen LogP contribution in [0.1, 0.15) is 69.2 Å². The number of hydrogen-bond donors (Lipinski definition) is 0. The van der Waals surface area contributed by atoms with Crippen LogP contribution in [0.4, 0.5) is 0 Å². The molecule has 0 aliphatic heterocycles. The fraction of sp³-hybridized carbons (Fsp3) is 0.529. The Bertz CT molecular complexity index is 536. The van der Waals surface area contributed by atoms with Gasteiger partial charge in [0, 0.05) is 0 Å². The van der Waals surface area contributed by atoms with E-state index >= 15 is 0 Å². The van der Waals surface area contributed by atoms with Crippen LogP contribution in [0.2, 0.25) is 0 Å². The van der Waals surface area contributed by atoms with Gasteiger partial charge in [-0.25, -0.2) is 0 Å². The summed E-state index contributed by atoms with van der Waals surface area (Å²) in [6.07, 6.45) is 1.37. The highest BCUT2D eigenvalue weighted by atomic mass is 14.3. The smallest absolute Gasteiger partial charge is 0.0994 e. The van der Waals surface area contributed by atoms with E-state index in [2.05, 4.69) is 52.8 Å². The summed E-state index contributed by atoms with van der Waals surface area (Å²) >= 11 is 0. The third kappa shape index (κ3) is 3.36. The van der Waals surface area contributed by atoms with Gasteiger partial charge in [0.15, 0.2) is 0 Å². The van der Waals surface area contributed by atoms with Crippen molar-refractivity contribution in [2.24, 2.45) is 0 Å². The molecule has 0 aromatic heterocycles. The second-order valence-corrected chi connectivity index (χ2v) is 6.10. The Morgan fingerprint density at radius 2 is 1.84 bits per heavy atom. The summed E-state index contributed by atoms with van der Waals surface area (Å²) in [5, 5.41) is 18.3. The molecule has 2 nitrogen and oxygen atoms in total. The molecule has 100 valence electrons. The average molecular weight is 254 g/mol. The first-order chi connectivity index (χ1) is 8.85. The molecule has 1 rings (SSSR count). The zero-order chi connectivity index (χ0) is 14.6. The molecule has 19 heavy (non-hydrogen) atoms. The molecule has 0 radical (unpaired) electrons. The highest BCUT2D eigenvalue weighted by molar-refractivity contribution is 5.49. The molecule has 0 amide bonds. The summed E-state index contributed by atoms with van der Waals surface area (Å²) in [5.74, 6) is 0.367. The summed E-state index contributed by atoms with van der Waals surface area (Å²) in [4.78, 5) is 0. The van der Waals surface area contributed by atoms with E-state index in [9.17, 15) is 5.26 Å². The van der Waals surface area contributed by atoms with Crippen LogP contribution < -0.4 is 0 Å². The van der Waals surface area contributed by atoms with Gasteiger partial charge in [-0.15, -0.1) is 0 Å². The van der Waals surface area contributed by atoms with Crippen LogP contribution in [0.5, 0.6) is 0 Å². The molecule has 1 unspecified atom stereocenters. The van der Waals surface area contributed by atoms with Gasteiger partial charge in [0.25, 0.3) is 0 Å². The predicted molar refractivity (Wildman–Crippen MR) is 77.9 cm³/mol. The van der Waals surface area contributed by atoms with Gasteiger partial charge in [0.05, 0.1) is 24.1 Å². The van der Waals surface area contributed by atoms with E-state index in [1.165, 1.54) is 5.56 Å². The van der Waals surface area contributed by atoms with Gasteiger partial charge in [0.1, 0.15) is 0 Å². The number of nitriles is 2. The summed E-state index contributed by atoms with van der Waals surface area (Å²) < 4.78 is 0. The van der Waals surface area contributed by atoms with Gasteiger partial charge in [-0.2, -0.15) is 10.5 Å². The fourth-order valence-corrected chi connectivity index (χ4v) is 2.32. The minimum Gasteiger partial charge on any atom is -0.198 e. The first-order valence-electron chi connectivity index (χ1n) is 6.79. The summed E-state index contributed by atoms with van der Waals surface area (Å²) in [6, 6.07) is 8.53. The van der Waals surface area contributed by atoms with E-state index in [0.717, 1.165) is 17.5 Å². The molecular weight excluding hydrogens is 232 g/mol. The molecule has 0 fully saturated rings. The Morgan fingerprint density at radius 3 is 2.26 bits per heavy atom. The van der Waals surface area contributed by atoms with E-state index < -0.39 is 0 Å². The SMILES string of the molecule is CCC(C)c1cc(C(C)(C)C)c(CC#N)cc1C#N. The van der Waals surface area contributed by atoms with Crippen LogP contribution in [0.25, 0.3) is 0 Å². The molecule has 1 aromatic carbocycles. The predicted octanol–water partition coefficient (Wildman–Crippen LogP) is 4.44. The average Bonchev–Trinajstić information content (AvgIpc) is 2.36. The van der Waals surface area contributed by atoms with Crippen LogP contribution in [0, 0.1) is 22.7 Å². The maximum Gasteiger partial charge on any atom is 0.0994 e. The molecule has 2 heteroatoms. The molecule has 0 aliphatic carbocycles. The first kappa shape index (κ1) is 15.3. The number of benzene rings is 1. The molecule has 0 saturated heterocycles. The Labute approximate surface area is 116 Å². The number of rotatable bonds is 3. The van der Waals surface area contributed by atoms with Gasteiger partial charge < -0.3 is 0 Å². The van der Waals surface area contributed by atoms with Crippen LogP contribution >= 0.6 is 0 Å². The van der Waals surface area contributed by atoms with Gasteiger partial charge in [0.2, 0.25) is 0 Å². The highest BCUT2D eigenvalue weighted by Gasteiger charge is 2.21. The van der Waals surface area contributed by atoms with Gasteiger partial charge in [-0.05, 0) is 40.5 Å². The van der Waals surface area contributed by atoms with E-state index in [4.69, 9.17) is 5.26 Å². The maximum atomic E-state index is 9.32. The number of nitrogens with zero attached hydrogens (tertiary/aromatic N) is 2. The maximum absolute atomic E-state index is 9.32. The molecule has 0 N–H and O–H groups in total. The van der Waals surface area contributed by atoms with Crippen molar-refractivity contribution in [1.29, 1.82) is 10.5 Å². The normalized spacial score (nSPS) is 12.6. The lowest BCUT2D eigenvalue weighted by atomic mass is 9.79. The number of hydrogen-bond acceptors (Lipinski definition) is 2. The van der Waals surface area contributed by atoms with Gasteiger partial charge in [-0.3, -0.25) is 0 Å². The van der Waals surface area contributed by atoms with Crippen molar-refractivity contribution < 1.29 is 0 Å². The Kier molecular flexibility index (Phi) is 4.73. The molecule has 1 atom stereocenters. The van der Waals surface area contributed by atoms with Crippen molar-refractivity contribution >= 4 is 0 Å². The minimum atomic E-state index is -0.0115. The van der Waals surface area contributed by atoms with Gasteiger partial charge >= 0.3 is 0 Å². The van der Waals surface area contributed by atoms with E-state index in [-0.39, 0.29) is 5.41 Å². The van der Waals surface area contributed by atoms with Gasteiger partial charge in [-0.1, -0.05) is 40.7 Å². The summed E-state index contributed by atoms with van der Waals surface area (Å²) in [6.45, 7) is 10.7. The lowest BCUT2D eigenvalue weighted by Gasteiger charge is -2.25. The molecule has 0 heterocycles. The molecule has 0 spiro atoms. The Balaban J connectivity index is 3.54. The van der Waals surface area contributed by atoms with Crippen molar-refractivity contribution in [2.75, 3.05) is 0 Å². The lowest BCUT2D eigenvalue weighted by Crippen LogP contribution is -2.16. The fourth-order valence-electron chi connectivity index (χ4n) is 2.32. The Morgan fingerprint density at radius 1 is 1.21 bits per heavy atom. The van der Waals surface area contributed by atoms with Crippen LogP contribution in [-0.2, 0) is 11.8 Å². The highest BCUT2D eigenvalue weighted by Crippen LogP contribution is 2.32. The molecule has 0 bridgehead atoms. The zero-order valence-electron chi connectivity index (χ0n) is 12.5. The quantitative estimate of drug-likeness (QED) is 0.800. The molecular formula is C17H22N2. The lowest BCUT2D eigenvalue weighted by molar-refractivity contribution is 0.581. The summed E-state index contributed by atoms with van der Waals surface area (Å²) in [7, 11) is 0. The van der Waals surface area contributed by atoms with Crippen molar-refractivity contribution in [3.63, 3.8) is 0 Å².